The van der Waals surface area contributed by atoms with Gasteiger partial charge in [0.25, 0.3) is 5.91 Å². The summed E-state index contributed by atoms with van der Waals surface area (Å²) in [4.78, 5) is 12.9. The van der Waals surface area contributed by atoms with Crippen LogP contribution in [-0.4, -0.2) is 12.5 Å². The SMILES string of the molecule is O=C(COc1ccc(-c2ccccc2)cc1)NCc1cccs1. The molecule has 0 radical (unpaired) electrons. The number of benzene rings is 2. The number of ether oxygens (including phenoxy) is 1. The number of hydrogen-bond acceptors (Lipinski definition) is 3. The van der Waals surface area contributed by atoms with E-state index in [0.29, 0.717) is 12.3 Å². The van der Waals surface area contributed by atoms with E-state index in [2.05, 4.69) is 17.4 Å². The fraction of sp³-hybridized carbons (Fsp3) is 0.105. The molecular formula is C19H17NO2S. The second-order valence-corrected chi connectivity index (χ2v) is 6.07. The maximum Gasteiger partial charge on any atom is 0.258 e. The molecule has 1 aromatic heterocycles. The Morgan fingerprint density at radius 3 is 2.35 bits per heavy atom. The van der Waals surface area contributed by atoms with E-state index in [9.17, 15) is 4.79 Å². The van der Waals surface area contributed by atoms with E-state index in [4.69, 9.17) is 4.74 Å². The zero-order valence-corrected chi connectivity index (χ0v) is 13.4. The quantitative estimate of drug-likeness (QED) is 0.741. The number of rotatable bonds is 6. The Morgan fingerprint density at radius 1 is 0.913 bits per heavy atom. The number of carbonyl (C=O) groups excluding carboxylic acids is 1. The largest absolute Gasteiger partial charge is 0.484 e. The van der Waals surface area contributed by atoms with Gasteiger partial charge in [-0.3, -0.25) is 4.79 Å². The van der Waals surface area contributed by atoms with Crippen LogP contribution < -0.4 is 10.1 Å². The van der Waals surface area contributed by atoms with Crippen LogP contribution in [0.4, 0.5) is 0 Å². The standard InChI is InChI=1S/C19H17NO2S/c21-19(20-13-18-7-4-12-23-18)14-22-17-10-8-16(9-11-17)15-5-2-1-3-6-15/h1-12H,13-14H2,(H,20,21). The van der Waals surface area contributed by atoms with Crippen LogP contribution in [0.15, 0.2) is 72.1 Å². The first-order valence-electron chi connectivity index (χ1n) is 7.38. The van der Waals surface area contributed by atoms with Gasteiger partial charge in [0.2, 0.25) is 0 Å². The minimum absolute atomic E-state index is 0.0239. The van der Waals surface area contributed by atoms with E-state index < -0.39 is 0 Å². The molecule has 0 atom stereocenters. The average molecular weight is 323 g/mol. The topological polar surface area (TPSA) is 38.3 Å². The first-order valence-corrected chi connectivity index (χ1v) is 8.26. The summed E-state index contributed by atoms with van der Waals surface area (Å²) in [6, 6.07) is 21.9. The predicted octanol–water partition coefficient (Wildman–Crippen LogP) is 4.11. The predicted molar refractivity (Wildman–Crippen MR) is 93.5 cm³/mol. The third-order valence-corrected chi connectivity index (χ3v) is 4.25. The highest BCUT2D eigenvalue weighted by Crippen LogP contribution is 2.21. The van der Waals surface area contributed by atoms with Gasteiger partial charge in [0.15, 0.2) is 6.61 Å². The Balaban J connectivity index is 1.49. The summed E-state index contributed by atoms with van der Waals surface area (Å²) in [5.41, 5.74) is 2.29. The molecule has 0 fully saturated rings. The van der Waals surface area contributed by atoms with E-state index in [1.165, 1.54) is 0 Å². The molecule has 0 unspecified atom stereocenters. The number of carbonyl (C=O) groups is 1. The van der Waals surface area contributed by atoms with Crippen molar-refractivity contribution in [1.82, 2.24) is 5.32 Å². The van der Waals surface area contributed by atoms with Gasteiger partial charge >= 0.3 is 0 Å². The van der Waals surface area contributed by atoms with Crippen molar-refractivity contribution in [2.24, 2.45) is 0 Å². The number of hydrogen-bond donors (Lipinski definition) is 1. The molecule has 0 saturated carbocycles. The number of amides is 1. The molecule has 4 heteroatoms. The fourth-order valence-electron chi connectivity index (χ4n) is 2.17. The van der Waals surface area contributed by atoms with Crippen LogP contribution in [0.2, 0.25) is 0 Å². The van der Waals surface area contributed by atoms with Crippen molar-refractivity contribution in [1.29, 1.82) is 0 Å². The Labute approximate surface area is 139 Å². The molecule has 1 heterocycles. The molecule has 1 N–H and O–H groups in total. The Hall–Kier alpha value is -2.59. The van der Waals surface area contributed by atoms with Gasteiger partial charge in [-0.25, -0.2) is 0 Å². The van der Waals surface area contributed by atoms with E-state index in [1.807, 2.05) is 60.0 Å². The summed E-state index contributed by atoms with van der Waals surface area (Å²) in [5, 5.41) is 4.83. The van der Waals surface area contributed by atoms with E-state index in [1.54, 1.807) is 11.3 Å². The van der Waals surface area contributed by atoms with Crippen LogP contribution >= 0.6 is 11.3 Å². The molecular weight excluding hydrogens is 306 g/mol. The smallest absolute Gasteiger partial charge is 0.258 e. The van der Waals surface area contributed by atoms with Crippen LogP contribution in [0.5, 0.6) is 5.75 Å². The summed E-state index contributed by atoms with van der Waals surface area (Å²) in [5.74, 6) is 0.571. The third-order valence-electron chi connectivity index (χ3n) is 3.37. The Bertz CT molecular complexity index is 737. The van der Waals surface area contributed by atoms with Gasteiger partial charge in [0, 0.05) is 4.88 Å². The molecule has 0 aliphatic carbocycles. The van der Waals surface area contributed by atoms with Crippen molar-refractivity contribution in [3.05, 3.63) is 77.0 Å². The first kappa shape index (κ1) is 15.3. The second kappa shape index (κ2) is 7.61. The van der Waals surface area contributed by atoms with Crippen molar-refractivity contribution in [3.8, 4) is 16.9 Å². The normalized spacial score (nSPS) is 10.3. The highest BCUT2D eigenvalue weighted by atomic mass is 32.1. The molecule has 3 rings (SSSR count). The molecule has 1 amide bonds. The van der Waals surface area contributed by atoms with Gasteiger partial charge in [-0.15, -0.1) is 11.3 Å². The highest BCUT2D eigenvalue weighted by molar-refractivity contribution is 7.09. The van der Waals surface area contributed by atoms with E-state index in [0.717, 1.165) is 16.0 Å². The van der Waals surface area contributed by atoms with Gasteiger partial charge in [0.1, 0.15) is 5.75 Å². The van der Waals surface area contributed by atoms with Gasteiger partial charge in [0.05, 0.1) is 6.54 Å². The highest BCUT2D eigenvalue weighted by Gasteiger charge is 2.04. The van der Waals surface area contributed by atoms with E-state index >= 15 is 0 Å². The third kappa shape index (κ3) is 4.44. The Kier molecular flexibility index (Phi) is 5.06. The summed E-state index contributed by atoms with van der Waals surface area (Å²) in [7, 11) is 0. The van der Waals surface area contributed by atoms with Crippen molar-refractivity contribution in [2.75, 3.05) is 6.61 Å². The van der Waals surface area contributed by atoms with Gasteiger partial charge < -0.3 is 10.1 Å². The lowest BCUT2D eigenvalue weighted by atomic mass is 10.1. The van der Waals surface area contributed by atoms with Gasteiger partial charge in [-0.2, -0.15) is 0 Å². The van der Waals surface area contributed by atoms with E-state index in [-0.39, 0.29) is 12.5 Å². The maximum absolute atomic E-state index is 11.8. The van der Waals surface area contributed by atoms with Gasteiger partial charge in [-0.05, 0) is 34.7 Å². The molecule has 23 heavy (non-hydrogen) atoms. The summed E-state index contributed by atoms with van der Waals surface area (Å²) in [6.07, 6.45) is 0. The van der Waals surface area contributed by atoms with Crippen LogP contribution in [0, 0.1) is 0 Å². The lowest BCUT2D eigenvalue weighted by Crippen LogP contribution is -2.28. The molecule has 0 aliphatic heterocycles. The van der Waals surface area contributed by atoms with Crippen LogP contribution in [0.25, 0.3) is 11.1 Å². The lowest BCUT2D eigenvalue weighted by molar-refractivity contribution is -0.123. The van der Waals surface area contributed by atoms with Crippen molar-refractivity contribution in [2.45, 2.75) is 6.54 Å². The monoisotopic (exact) mass is 323 g/mol. The molecule has 116 valence electrons. The van der Waals surface area contributed by atoms with Crippen molar-refractivity contribution >= 4 is 17.2 Å². The molecule has 0 spiro atoms. The first-order chi connectivity index (χ1) is 11.3. The van der Waals surface area contributed by atoms with Gasteiger partial charge in [-0.1, -0.05) is 48.5 Å². The lowest BCUT2D eigenvalue weighted by Gasteiger charge is -2.08. The minimum atomic E-state index is -0.120. The summed E-state index contributed by atoms with van der Waals surface area (Å²) in [6.45, 7) is 0.572. The van der Waals surface area contributed by atoms with Crippen molar-refractivity contribution < 1.29 is 9.53 Å². The Morgan fingerprint density at radius 2 is 1.65 bits per heavy atom. The second-order valence-electron chi connectivity index (χ2n) is 5.04. The van der Waals surface area contributed by atoms with Crippen LogP contribution in [0.3, 0.4) is 0 Å². The summed E-state index contributed by atoms with van der Waals surface area (Å²) >= 11 is 1.62. The summed E-state index contributed by atoms with van der Waals surface area (Å²) < 4.78 is 5.52. The molecule has 3 aromatic rings. The molecule has 2 aromatic carbocycles. The average Bonchev–Trinajstić information content (AvgIpc) is 3.13. The number of nitrogens with one attached hydrogen (secondary N) is 1. The van der Waals surface area contributed by atoms with Crippen LogP contribution in [0.1, 0.15) is 4.88 Å². The van der Waals surface area contributed by atoms with Crippen molar-refractivity contribution in [3.63, 3.8) is 0 Å². The number of thiophene rings is 1. The fourth-order valence-corrected chi connectivity index (χ4v) is 2.82. The molecule has 3 nitrogen and oxygen atoms in total. The van der Waals surface area contributed by atoms with Crippen LogP contribution in [-0.2, 0) is 11.3 Å². The molecule has 0 saturated heterocycles. The minimum Gasteiger partial charge on any atom is -0.484 e. The zero-order valence-electron chi connectivity index (χ0n) is 12.6. The molecule has 0 bridgehead atoms. The molecule has 0 aliphatic rings. The zero-order chi connectivity index (χ0) is 15.9. The maximum atomic E-state index is 11.8.